The summed E-state index contributed by atoms with van der Waals surface area (Å²) in [6.07, 6.45) is -0.312. The van der Waals surface area contributed by atoms with Crippen LogP contribution in [0.15, 0.2) is 42.5 Å². The Morgan fingerprint density at radius 2 is 1.71 bits per heavy atom. The predicted octanol–water partition coefficient (Wildman–Crippen LogP) is 3.72. The minimum Gasteiger partial charge on any atom is -0.481 e. The van der Waals surface area contributed by atoms with Gasteiger partial charge in [0.1, 0.15) is 6.04 Å². The molecule has 0 saturated heterocycles. The molecule has 2 amide bonds. The number of amides is 2. The Morgan fingerprint density at radius 3 is 2.25 bits per heavy atom. The molecule has 2 aromatic rings. The molecule has 28 heavy (non-hydrogen) atoms. The van der Waals surface area contributed by atoms with Crippen LogP contribution in [-0.4, -0.2) is 34.7 Å². The maximum atomic E-state index is 13.4. The zero-order valence-electron chi connectivity index (χ0n) is 14.9. The highest BCUT2D eigenvalue weighted by Crippen LogP contribution is 2.39. The monoisotopic (exact) mass is 440 g/mol. The van der Waals surface area contributed by atoms with Crippen molar-refractivity contribution in [3.8, 4) is 0 Å². The van der Waals surface area contributed by atoms with Gasteiger partial charge in [-0.15, -0.1) is 0 Å². The molecule has 0 saturated carbocycles. The molecule has 1 atom stereocenters. The van der Waals surface area contributed by atoms with Gasteiger partial charge in [-0.2, -0.15) is 12.6 Å². The van der Waals surface area contributed by atoms with E-state index in [2.05, 4.69) is 17.9 Å². The third kappa shape index (κ3) is 5.19. The third-order valence-electron chi connectivity index (χ3n) is 3.81. The van der Waals surface area contributed by atoms with Crippen molar-refractivity contribution in [3.05, 3.63) is 58.1 Å². The van der Waals surface area contributed by atoms with Crippen molar-refractivity contribution in [2.75, 3.05) is 10.7 Å². The van der Waals surface area contributed by atoms with Crippen LogP contribution in [-0.2, 0) is 20.8 Å². The lowest BCUT2D eigenvalue weighted by Gasteiger charge is -2.30. The maximum absolute atomic E-state index is 13.4. The van der Waals surface area contributed by atoms with Crippen LogP contribution in [0.25, 0.3) is 0 Å². The number of benzene rings is 2. The molecule has 0 unspecified atom stereocenters. The van der Waals surface area contributed by atoms with Crippen LogP contribution in [0.3, 0.4) is 0 Å². The Hall–Kier alpha value is -2.22. The van der Waals surface area contributed by atoms with Gasteiger partial charge in [-0.05, 0) is 23.8 Å². The van der Waals surface area contributed by atoms with Gasteiger partial charge in [0.25, 0.3) is 5.91 Å². The molecule has 0 radical (unpaired) electrons. The molecule has 0 aliphatic carbocycles. The van der Waals surface area contributed by atoms with Crippen LogP contribution < -0.4 is 10.2 Å². The molecule has 2 aromatic carbocycles. The molecule has 2 N–H and O–H groups in total. The second-order valence-corrected chi connectivity index (χ2v) is 7.06. The zero-order valence-corrected chi connectivity index (χ0v) is 17.3. The molecule has 6 nitrogen and oxygen atoms in total. The molecule has 0 aromatic heterocycles. The predicted molar refractivity (Wildman–Crippen MR) is 113 cm³/mol. The number of anilines is 2. The molecule has 0 fully saturated rings. The van der Waals surface area contributed by atoms with E-state index in [-0.39, 0.29) is 27.9 Å². The minimum absolute atomic E-state index is 0.0259. The van der Waals surface area contributed by atoms with Gasteiger partial charge in [0.2, 0.25) is 5.91 Å². The van der Waals surface area contributed by atoms with Crippen LogP contribution in [0.1, 0.15) is 12.5 Å². The van der Waals surface area contributed by atoms with Crippen molar-refractivity contribution in [1.29, 1.82) is 0 Å². The van der Waals surface area contributed by atoms with Gasteiger partial charge < -0.3 is 10.4 Å². The molecular weight excluding hydrogens is 423 g/mol. The lowest BCUT2D eigenvalue weighted by atomic mass is 10.1. The molecule has 148 valence electrons. The van der Waals surface area contributed by atoms with Gasteiger partial charge in [0, 0.05) is 12.7 Å². The third-order valence-corrected chi connectivity index (χ3v) is 4.79. The van der Waals surface area contributed by atoms with E-state index in [9.17, 15) is 19.5 Å². The summed E-state index contributed by atoms with van der Waals surface area (Å²) in [5.41, 5.74) is 0.896. The Bertz CT molecular complexity index is 887. The van der Waals surface area contributed by atoms with Crippen LogP contribution in [0, 0.1) is 0 Å². The highest BCUT2D eigenvalue weighted by atomic mass is 35.5. The Labute approximate surface area is 177 Å². The molecule has 0 aliphatic rings. The molecule has 0 bridgehead atoms. The maximum Gasteiger partial charge on any atom is 0.307 e. The van der Waals surface area contributed by atoms with Crippen molar-refractivity contribution in [3.63, 3.8) is 0 Å². The van der Waals surface area contributed by atoms with E-state index in [0.29, 0.717) is 11.3 Å². The molecule has 2 rings (SSSR count). The number of nitrogens with zero attached hydrogens (tertiary/aromatic N) is 1. The van der Waals surface area contributed by atoms with E-state index in [4.69, 9.17) is 23.2 Å². The lowest BCUT2D eigenvalue weighted by molar-refractivity contribution is -0.136. The fourth-order valence-electron chi connectivity index (χ4n) is 2.68. The van der Waals surface area contributed by atoms with Crippen molar-refractivity contribution in [2.24, 2.45) is 0 Å². The fraction of sp³-hybridized carbons (Fsp3) is 0.211. The first-order valence-corrected chi connectivity index (χ1v) is 9.60. The number of rotatable bonds is 7. The number of aliphatic carboxylic acids is 1. The van der Waals surface area contributed by atoms with Crippen LogP contribution in [0.4, 0.5) is 11.4 Å². The second-order valence-electron chi connectivity index (χ2n) is 5.88. The van der Waals surface area contributed by atoms with E-state index >= 15 is 0 Å². The molecule has 0 spiro atoms. The van der Waals surface area contributed by atoms with Crippen molar-refractivity contribution in [1.82, 2.24) is 5.32 Å². The summed E-state index contributed by atoms with van der Waals surface area (Å²) in [4.78, 5) is 37.4. The second kappa shape index (κ2) is 9.82. The van der Waals surface area contributed by atoms with E-state index in [0.717, 1.165) is 0 Å². The van der Waals surface area contributed by atoms with E-state index in [1.165, 1.54) is 11.8 Å². The standard InChI is InChI=1S/C19H18Cl2N2O4S/c1-11(24)22-15(10-28)19(27)23(18-13(20)6-4-7-14(18)21)16-8-3-2-5-12(16)9-17(25)26/h2-8,15,28H,9-10H2,1H3,(H,22,24)(H,25,26)/t15-/m1/s1. The summed E-state index contributed by atoms with van der Waals surface area (Å²) in [5, 5.41) is 12.2. The Morgan fingerprint density at radius 1 is 1.11 bits per heavy atom. The zero-order chi connectivity index (χ0) is 20.8. The largest absolute Gasteiger partial charge is 0.481 e. The summed E-state index contributed by atoms with van der Waals surface area (Å²) in [6, 6.07) is 10.3. The fourth-order valence-corrected chi connectivity index (χ4v) is 3.49. The first-order chi connectivity index (χ1) is 13.3. The number of hydrogen-bond donors (Lipinski definition) is 3. The SMILES string of the molecule is CC(=O)N[C@H](CS)C(=O)N(c1ccccc1CC(=O)O)c1c(Cl)cccc1Cl. The first kappa shape index (κ1) is 22.1. The smallest absolute Gasteiger partial charge is 0.307 e. The average molecular weight is 441 g/mol. The number of hydrogen-bond acceptors (Lipinski definition) is 4. The van der Waals surface area contributed by atoms with Gasteiger partial charge in [0.15, 0.2) is 0 Å². The van der Waals surface area contributed by atoms with Crippen LogP contribution in [0.2, 0.25) is 10.0 Å². The number of thiol groups is 1. The number of nitrogens with one attached hydrogen (secondary N) is 1. The minimum atomic E-state index is -1.06. The number of carboxylic acids is 1. The quantitative estimate of drug-likeness (QED) is 0.572. The molecule has 9 heteroatoms. The van der Waals surface area contributed by atoms with Gasteiger partial charge >= 0.3 is 5.97 Å². The number of carboxylic acid groups (broad SMARTS) is 1. The van der Waals surface area contributed by atoms with Crippen LogP contribution >= 0.6 is 35.8 Å². The topological polar surface area (TPSA) is 86.7 Å². The number of carbonyl (C=O) groups is 3. The lowest BCUT2D eigenvalue weighted by Crippen LogP contribution is -2.48. The number of para-hydroxylation sites is 2. The molecule has 0 aliphatic heterocycles. The highest BCUT2D eigenvalue weighted by molar-refractivity contribution is 7.80. The van der Waals surface area contributed by atoms with Crippen molar-refractivity contribution < 1.29 is 19.5 Å². The van der Waals surface area contributed by atoms with Gasteiger partial charge in [-0.1, -0.05) is 47.5 Å². The molecule has 0 heterocycles. The van der Waals surface area contributed by atoms with E-state index in [1.54, 1.807) is 42.5 Å². The normalized spacial score (nSPS) is 11.6. The van der Waals surface area contributed by atoms with Crippen molar-refractivity contribution >= 4 is 65.0 Å². The summed E-state index contributed by atoms with van der Waals surface area (Å²) in [5.74, 6) is -1.98. The van der Waals surface area contributed by atoms with Gasteiger partial charge in [-0.25, -0.2) is 0 Å². The number of carbonyl (C=O) groups excluding carboxylic acids is 2. The van der Waals surface area contributed by atoms with Crippen LogP contribution in [0.5, 0.6) is 0 Å². The summed E-state index contributed by atoms with van der Waals surface area (Å²) in [7, 11) is 0. The number of halogens is 2. The summed E-state index contributed by atoms with van der Waals surface area (Å²) in [6.45, 7) is 1.29. The highest BCUT2D eigenvalue weighted by Gasteiger charge is 2.31. The van der Waals surface area contributed by atoms with Crippen molar-refractivity contribution in [2.45, 2.75) is 19.4 Å². The van der Waals surface area contributed by atoms with E-state index < -0.39 is 23.8 Å². The van der Waals surface area contributed by atoms with Gasteiger partial charge in [0.05, 0.1) is 27.8 Å². The molecular formula is C19H18Cl2N2O4S. The van der Waals surface area contributed by atoms with E-state index in [1.807, 2.05) is 0 Å². The Balaban J connectivity index is 2.69. The first-order valence-electron chi connectivity index (χ1n) is 8.22. The van der Waals surface area contributed by atoms with Gasteiger partial charge in [-0.3, -0.25) is 19.3 Å². The summed E-state index contributed by atoms with van der Waals surface area (Å²) < 4.78 is 0. The Kier molecular flexibility index (Phi) is 7.74. The average Bonchev–Trinajstić information content (AvgIpc) is 2.62. The summed E-state index contributed by atoms with van der Waals surface area (Å²) >= 11 is 16.8.